The Morgan fingerprint density at radius 3 is 2.45 bits per heavy atom. The number of piperazine rings is 1. The summed E-state index contributed by atoms with van der Waals surface area (Å²) in [4.78, 5) is 28.2. The molecular formula is C31H40N6O4S. The van der Waals surface area contributed by atoms with Crippen molar-refractivity contribution in [1.82, 2.24) is 19.8 Å². The summed E-state index contributed by atoms with van der Waals surface area (Å²) in [6.07, 6.45) is 4.77. The quantitative estimate of drug-likeness (QED) is 0.331. The zero-order valence-corrected chi connectivity index (χ0v) is 25.2. The molecule has 0 unspecified atom stereocenters. The van der Waals surface area contributed by atoms with Gasteiger partial charge in [-0.1, -0.05) is 12.1 Å². The van der Waals surface area contributed by atoms with E-state index in [1.807, 2.05) is 18.2 Å². The standard InChI is InChI=1S/C31H40N6O4S/c1-35(2)14-3-15-36-16-18-37(19-17-36)30-22-26(7-4-25(30)23-38)33-31-32-13-10-29(34-31)24-5-8-27(9-6-24)42(39,40)28-11-20-41-21-12-28/h4-10,13,22-23,28H,3,11-12,14-21H2,1-2H3,(H,32,33,34). The number of benzene rings is 2. The Morgan fingerprint density at radius 2 is 1.76 bits per heavy atom. The SMILES string of the molecule is CN(C)CCCN1CCN(c2cc(Nc3nccc(-c4ccc(S(=O)(=O)C5CCOCC5)cc4)n3)ccc2C=O)CC1. The van der Waals surface area contributed by atoms with Gasteiger partial charge >= 0.3 is 0 Å². The largest absolute Gasteiger partial charge is 0.381 e. The average Bonchev–Trinajstić information content (AvgIpc) is 3.02. The second-order valence-electron chi connectivity index (χ2n) is 11.1. The fraction of sp³-hybridized carbons (Fsp3) is 0.452. The van der Waals surface area contributed by atoms with E-state index in [-0.39, 0.29) is 0 Å². The summed E-state index contributed by atoms with van der Waals surface area (Å²) in [5, 5.41) is 2.88. The van der Waals surface area contributed by atoms with E-state index in [0.717, 1.165) is 68.9 Å². The molecule has 0 amide bonds. The molecule has 10 nitrogen and oxygen atoms in total. The molecule has 0 atom stereocenters. The first-order chi connectivity index (χ1) is 20.3. The number of rotatable bonds is 11. The van der Waals surface area contributed by atoms with Crippen LogP contribution in [0.1, 0.15) is 29.6 Å². The molecule has 2 aliphatic rings. The van der Waals surface area contributed by atoms with Crippen LogP contribution in [0.3, 0.4) is 0 Å². The lowest BCUT2D eigenvalue weighted by Crippen LogP contribution is -2.47. The molecule has 0 saturated carbocycles. The van der Waals surface area contributed by atoms with Crippen LogP contribution in [-0.4, -0.2) is 106 Å². The fourth-order valence-electron chi connectivity index (χ4n) is 5.52. The molecule has 1 N–H and O–H groups in total. The van der Waals surface area contributed by atoms with Crippen LogP contribution in [-0.2, 0) is 14.6 Å². The number of anilines is 3. The van der Waals surface area contributed by atoms with E-state index in [0.29, 0.717) is 48.2 Å². The van der Waals surface area contributed by atoms with Crippen molar-refractivity contribution in [2.24, 2.45) is 0 Å². The first kappa shape index (κ1) is 30.1. The molecule has 0 aliphatic carbocycles. The number of carbonyl (C=O) groups excluding carboxylic acids is 1. The van der Waals surface area contributed by atoms with Crippen molar-refractivity contribution in [1.29, 1.82) is 0 Å². The van der Waals surface area contributed by atoms with E-state index in [4.69, 9.17) is 4.74 Å². The van der Waals surface area contributed by atoms with Crippen LogP contribution in [0.2, 0.25) is 0 Å². The maximum absolute atomic E-state index is 13.0. The van der Waals surface area contributed by atoms with Gasteiger partial charge in [0.1, 0.15) is 0 Å². The minimum atomic E-state index is -3.40. The average molecular weight is 593 g/mol. The third-order valence-corrected chi connectivity index (χ3v) is 10.2. The van der Waals surface area contributed by atoms with Crippen molar-refractivity contribution >= 4 is 33.4 Å². The van der Waals surface area contributed by atoms with Gasteiger partial charge in [0.05, 0.1) is 15.8 Å². The van der Waals surface area contributed by atoms with Gasteiger partial charge in [-0.25, -0.2) is 18.4 Å². The van der Waals surface area contributed by atoms with Gasteiger partial charge in [-0.2, -0.15) is 0 Å². The first-order valence-electron chi connectivity index (χ1n) is 14.6. The van der Waals surface area contributed by atoms with Gasteiger partial charge in [0.15, 0.2) is 16.1 Å². The Labute approximate surface area is 248 Å². The lowest BCUT2D eigenvalue weighted by Gasteiger charge is -2.37. The van der Waals surface area contributed by atoms with E-state index in [1.165, 1.54) is 0 Å². The molecule has 0 spiro atoms. The fourth-order valence-corrected chi connectivity index (χ4v) is 7.23. The van der Waals surface area contributed by atoms with Gasteiger partial charge in [0, 0.05) is 68.1 Å². The zero-order chi connectivity index (χ0) is 29.5. The van der Waals surface area contributed by atoms with Crippen LogP contribution < -0.4 is 10.2 Å². The van der Waals surface area contributed by atoms with Crippen LogP contribution in [0.5, 0.6) is 0 Å². The lowest BCUT2D eigenvalue weighted by atomic mass is 10.1. The van der Waals surface area contributed by atoms with Crippen LogP contribution in [0, 0.1) is 0 Å². The molecule has 42 heavy (non-hydrogen) atoms. The van der Waals surface area contributed by atoms with E-state index in [2.05, 4.69) is 44.1 Å². The highest BCUT2D eigenvalue weighted by molar-refractivity contribution is 7.92. The van der Waals surface area contributed by atoms with Crippen LogP contribution in [0.15, 0.2) is 59.6 Å². The van der Waals surface area contributed by atoms with E-state index in [9.17, 15) is 13.2 Å². The molecule has 3 heterocycles. The van der Waals surface area contributed by atoms with Crippen molar-refractivity contribution in [2.45, 2.75) is 29.4 Å². The monoisotopic (exact) mass is 592 g/mol. The number of nitrogens with one attached hydrogen (secondary N) is 1. The molecule has 2 aliphatic heterocycles. The number of hydrogen-bond donors (Lipinski definition) is 1. The summed E-state index contributed by atoms with van der Waals surface area (Å²) in [5.41, 5.74) is 3.83. The number of sulfone groups is 1. The van der Waals surface area contributed by atoms with Gasteiger partial charge in [-0.3, -0.25) is 9.69 Å². The summed E-state index contributed by atoms with van der Waals surface area (Å²) in [6.45, 7) is 6.76. The zero-order valence-electron chi connectivity index (χ0n) is 24.4. The summed E-state index contributed by atoms with van der Waals surface area (Å²) >= 11 is 0. The number of hydrogen-bond acceptors (Lipinski definition) is 10. The predicted octanol–water partition coefficient (Wildman–Crippen LogP) is 3.73. The van der Waals surface area contributed by atoms with Crippen LogP contribution in [0.25, 0.3) is 11.3 Å². The summed E-state index contributed by atoms with van der Waals surface area (Å²) in [7, 11) is 0.800. The predicted molar refractivity (Wildman–Crippen MR) is 165 cm³/mol. The summed E-state index contributed by atoms with van der Waals surface area (Å²) in [5.74, 6) is 0.418. The smallest absolute Gasteiger partial charge is 0.227 e. The third-order valence-electron chi connectivity index (χ3n) is 7.95. The summed E-state index contributed by atoms with van der Waals surface area (Å²) in [6, 6.07) is 14.4. The lowest BCUT2D eigenvalue weighted by molar-refractivity contribution is 0.0983. The summed E-state index contributed by atoms with van der Waals surface area (Å²) < 4.78 is 31.4. The van der Waals surface area contributed by atoms with Gasteiger partial charge in [0.25, 0.3) is 0 Å². The maximum atomic E-state index is 13.0. The highest BCUT2D eigenvalue weighted by Gasteiger charge is 2.29. The Kier molecular flexibility index (Phi) is 9.84. The Morgan fingerprint density at radius 1 is 1.02 bits per heavy atom. The second-order valence-corrected chi connectivity index (χ2v) is 13.4. The molecule has 0 radical (unpaired) electrons. The molecule has 2 aromatic carbocycles. The Balaban J connectivity index is 1.26. The number of nitrogens with zero attached hydrogens (tertiary/aromatic N) is 5. The number of carbonyl (C=O) groups is 1. The highest BCUT2D eigenvalue weighted by atomic mass is 32.2. The molecule has 1 aromatic heterocycles. The van der Waals surface area contributed by atoms with Crippen molar-refractivity contribution in [2.75, 3.05) is 76.8 Å². The van der Waals surface area contributed by atoms with E-state index < -0.39 is 15.1 Å². The van der Waals surface area contributed by atoms with Crippen LogP contribution in [0.4, 0.5) is 17.3 Å². The van der Waals surface area contributed by atoms with Gasteiger partial charge in [0.2, 0.25) is 5.95 Å². The second kappa shape index (κ2) is 13.7. The molecule has 11 heteroatoms. The Bertz CT molecular complexity index is 1450. The molecule has 3 aromatic rings. The van der Waals surface area contributed by atoms with Crippen LogP contribution >= 0.6 is 0 Å². The van der Waals surface area contributed by atoms with Crippen molar-refractivity contribution in [3.8, 4) is 11.3 Å². The molecule has 0 bridgehead atoms. The van der Waals surface area contributed by atoms with Gasteiger partial charge < -0.3 is 19.9 Å². The molecule has 2 saturated heterocycles. The molecule has 224 valence electrons. The minimum Gasteiger partial charge on any atom is -0.381 e. The molecular weight excluding hydrogens is 552 g/mol. The maximum Gasteiger partial charge on any atom is 0.227 e. The first-order valence-corrected chi connectivity index (χ1v) is 16.1. The minimum absolute atomic E-state index is 0.322. The molecule has 5 rings (SSSR count). The Hall–Kier alpha value is -3.38. The normalized spacial score (nSPS) is 17.0. The molecule has 2 fully saturated rings. The van der Waals surface area contributed by atoms with Crippen molar-refractivity contribution in [3.63, 3.8) is 0 Å². The van der Waals surface area contributed by atoms with Gasteiger partial charge in [-0.05, 0) is 82.8 Å². The topological polar surface area (TPSA) is 108 Å². The number of aromatic nitrogens is 2. The third kappa shape index (κ3) is 7.33. The van der Waals surface area contributed by atoms with Crippen molar-refractivity contribution in [3.05, 3.63) is 60.3 Å². The van der Waals surface area contributed by atoms with Crippen molar-refractivity contribution < 1.29 is 17.9 Å². The number of aldehydes is 1. The highest BCUT2D eigenvalue weighted by Crippen LogP contribution is 2.29. The van der Waals surface area contributed by atoms with E-state index in [1.54, 1.807) is 36.5 Å². The van der Waals surface area contributed by atoms with E-state index >= 15 is 0 Å². The number of ether oxygens (including phenoxy) is 1. The van der Waals surface area contributed by atoms with Gasteiger partial charge in [-0.15, -0.1) is 0 Å².